The first-order valence-corrected chi connectivity index (χ1v) is 10.3. The van der Waals surface area contributed by atoms with Crippen LogP contribution in [0.15, 0.2) is 53.4 Å². The molecule has 1 aliphatic rings. The Hall–Kier alpha value is -3.00. The van der Waals surface area contributed by atoms with Crippen LogP contribution in [0, 0.1) is 0 Å². The molecular formula is C20H20N2O5S. The highest BCUT2D eigenvalue weighted by molar-refractivity contribution is 7.84. The Balaban J connectivity index is 1.56. The Labute approximate surface area is 164 Å². The van der Waals surface area contributed by atoms with Crippen molar-refractivity contribution in [2.45, 2.75) is 23.8 Å². The van der Waals surface area contributed by atoms with Gasteiger partial charge in [0.15, 0.2) is 6.61 Å². The number of amides is 2. The molecule has 0 heterocycles. The van der Waals surface area contributed by atoms with Gasteiger partial charge >= 0.3 is 5.97 Å². The van der Waals surface area contributed by atoms with Crippen molar-refractivity contribution in [1.29, 1.82) is 0 Å². The molecule has 1 atom stereocenters. The average molecular weight is 400 g/mol. The first kappa shape index (κ1) is 19.8. The van der Waals surface area contributed by atoms with Crippen LogP contribution in [0.4, 0.5) is 5.69 Å². The number of esters is 1. The van der Waals surface area contributed by atoms with Crippen LogP contribution in [0.25, 0.3) is 0 Å². The molecule has 0 bridgehead atoms. The lowest BCUT2D eigenvalue weighted by molar-refractivity contribution is -0.119. The summed E-state index contributed by atoms with van der Waals surface area (Å²) in [6.45, 7) is -0.487. The number of carbonyl (C=O) groups is 3. The summed E-state index contributed by atoms with van der Waals surface area (Å²) in [5.74, 6) is -1.46. The highest BCUT2D eigenvalue weighted by atomic mass is 32.2. The maximum absolute atomic E-state index is 12.3. The predicted octanol–water partition coefficient (Wildman–Crippen LogP) is 2.11. The summed E-state index contributed by atoms with van der Waals surface area (Å²) in [5.41, 5.74) is 0.972. The third-order valence-corrected chi connectivity index (χ3v) is 5.05. The van der Waals surface area contributed by atoms with Crippen LogP contribution in [-0.4, -0.2) is 40.9 Å². The molecule has 0 saturated heterocycles. The van der Waals surface area contributed by atoms with Gasteiger partial charge in [-0.25, -0.2) is 4.79 Å². The Morgan fingerprint density at radius 3 is 2.39 bits per heavy atom. The van der Waals surface area contributed by atoms with Crippen LogP contribution >= 0.6 is 0 Å². The molecule has 8 heteroatoms. The largest absolute Gasteiger partial charge is 0.452 e. The van der Waals surface area contributed by atoms with Crippen LogP contribution in [0.3, 0.4) is 0 Å². The summed E-state index contributed by atoms with van der Waals surface area (Å²) in [6.07, 6.45) is 3.47. The summed E-state index contributed by atoms with van der Waals surface area (Å²) in [5, 5.41) is 5.47. The quantitative estimate of drug-likeness (QED) is 0.693. The van der Waals surface area contributed by atoms with E-state index in [1.54, 1.807) is 42.7 Å². The smallest absolute Gasteiger partial charge is 0.338 e. The lowest BCUT2D eigenvalue weighted by Crippen LogP contribution is -2.28. The van der Waals surface area contributed by atoms with Crippen LogP contribution < -0.4 is 10.6 Å². The highest BCUT2D eigenvalue weighted by Gasteiger charge is 2.25. The molecule has 3 rings (SSSR count). The van der Waals surface area contributed by atoms with Gasteiger partial charge in [0.2, 0.25) is 0 Å². The van der Waals surface area contributed by atoms with Crippen LogP contribution in [0.2, 0.25) is 0 Å². The van der Waals surface area contributed by atoms with E-state index in [9.17, 15) is 18.6 Å². The van der Waals surface area contributed by atoms with Gasteiger partial charge in [-0.05, 0) is 49.2 Å². The molecule has 2 N–H and O–H groups in total. The molecule has 1 fully saturated rings. The second-order valence-electron chi connectivity index (χ2n) is 6.40. The van der Waals surface area contributed by atoms with E-state index in [1.807, 2.05) is 0 Å². The van der Waals surface area contributed by atoms with Crippen molar-refractivity contribution in [1.82, 2.24) is 5.32 Å². The van der Waals surface area contributed by atoms with Gasteiger partial charge in [-0.1, -0.05) is 12.1 Å². The number of carbonyl (C=O) groups excluding carboxylic acids is 3. The summed E-state index contributed by atoms with van der Waals surface area (Å²) in [4.78, 5) is 37.0. The fourth-order valence-corrected chi connectivity index (χ4v) is 2.98. The second kappa shape index (κ2) is 8.79. The van der Waals surface area contributed by atoms with Crippen LogP contribution in [0.5, 0.6) is 0 Å². The van der Waals surface area contributed by atoms with Gasteiger partial charge in [0.1, 0.15) is 0 Å². The maximum atomic E-state index is 12.3. The van der Waals surface area contributed by atoms with Crippen molar-refractivity contribution in [3.05, 3.63) is 59.7 Å². The molecule has 1 aliphatic carbocycles. The van der Waals surface area contributed by atoms with Gasteiger partial charge in [0.05, 0.1) is 16.8 Å². The minimum absolute atomic E-state index is 0.203. The molecule has 1 saturated carbocycles. The number of rotatable bonds is 7. The van der Waals surface area contributed by atoms with Crippen molar-refractivity contribution in [2.75, 3.05) is 18.2 Å². The van der Waals surface area contributed by atoms with Crippen LogP contribution in [-0.2, 0) is 20.3 Å². The van der Waals surface area contributed by atoms with E-state index in [0.29, 0.717) is 16.1 Å². The summed E-state index contributed by atoms with van der Waals surface area (Å²) in [6, 6.07) is 13.0. The number of nitrogens with one attached hydrogen (secondary N) is 2. The van der Waals surface area contributed by atoms with E-state index in [1.165, 1.54) is 12.1 Å². The van der Waals surface area contributed by atoms with Crippen LogP contribution in [0.1, 0.15) is 33.6 Å². The number of benzene rings is 2. The van der Waals surface area contributed by atoms with Gasteiger partial charge in [-0.15, -0.1) is 0 Å². The van der Waals surface area contributed by atoms with E-state index in [2.05, 4.69) is 10.6 Å². The Morgan fingerprint density at radius 1 is 1.07 bits per heavy atom. The predicted molar refractivity (Wildman–Crippen MR) is 105 cm³/mol. The zero-order chi connectivity index (χ0) is 20.1. The van der Waals surface area contributed by atoms with Gasteiger partial charge in [0, 0.05) is 28.0 Å². The van der Waals surface area contributed by atoms with Gasteiger partial charge < -0.3 is 15.4 Å². The van der Waals surface area contributed by atoms with Crippen molar-refractivity contribution in [3.63, 3.8) is 0 Å². The van der Waals surface area contributed by atoms with Gasteiger partial charge in [-0.3, -0.25) is 13.8 Å². The molecule has 146 valence electrons. The average Bonchev–Trinajstić information content (AvgIpc) is 3.50. The summed E-state index contributed by atoms with van der Waals surface area (Å²) >= 11 is 0. The summed E-state index contributed by atoms with van der Waals surface area (Å²) in [7, 11) is -1.14. The summed E-state index contributed by atoms with van der Waals surface area (Å²) < 4.78 is 16.4. The normalized spacial score (nSPS) is 14.0. The molecule has 0 aliphatic heterocycles. The fraction of sp³-hybridized carbons (Fsp3) is 0.250. The molecule has 1 unspecified atom stereocenters. The van der Waals surface area contributed by atoms with Crippen molar-refractivity contribution in [3.8, 4) is 0 Å². The third kappa shape index (κ3) is 5.26. The zero-order valence-electron chi connectivity index (χ0n) is 15.3. The Kier molecular flexibility index (Phi) is 6.20. The molecule has 2 aromatic carbocycles. The number of ether oxygens (including phenoxy) is 1. The monoisotopic (exact) mass is 400 g/mol. The molecule has 28 heavy (non-hydrogen) atoms. The SMILES string of the molecule is CS(=O)c1ccc(C(=O)OCC(=O)Nc2ccccc2C(=O)NC2CC2)cc1. The zero-order valence-corrected chi connectivity index (χ0v) is 16.1. The van der Waals surface area contributed by atoms with Gasteiger partial charge in [-0.2, -0.15) is 0 Å². The van der Waals surface area contributed by atoms with E-state index >= 15 is 0 Å². The second-order valence-corrected chi connectivity index (χ2v) is 7.78. The number of anilines is 1. The highest BCUT2D eigenvalue weighted by Crippen LogP contribution is 2.21. The Bertz CT molecular complexity index is 922. The maximum Gasteiger partial charge on any atom is 0.338 e. The number of hydrogen-bond acceptors (Lipinski definition) is 5. The standard InChI is InChI=1S/C20H20N2O5S/c1-28(26)15-10-6-13(7-11-15)20(25)27-12-18(23)22-17-5-3-2-4-16(17)19(24)21-14-8-9-14/h2-7,10-11,14H,8-9,12H2,1H3,(H,21,24)(H,22,23). The minimum atomic E-state index is -1.14. The fourth-order valence-electron chi connectivity index (χ4n) is 2.46. The van der Waals surface area contributed by atoms with Crippen molar-refractivity contribution in [2.24, 2.45) is 0 Å². The topological polar surface area (TPSA) is 102 Å². The van der Waals surface area contributed by atoms with Crippen molar-refractivity contribution < 1.29 is 23.3 Å². The third-order valence-electron chi connectivity index (χ3n) is 4.11. The lowest BCUT2D eigenvalue weighted by atomic mass is 10.1. The molecule has 0 radical (unpaired) electrons. The van der Waals surface area contributed by atoms with Gasteiger partial charge in [0.25, 0.3) is 11.8 Å². The molecule has 2 aromatic rings. The first-order valence-electron chi connectivity index (χ1n) is 8.74. The lowest BCUT2D eigenvalue weighted by Gasteiger charge is -2.11. The molecular weight excluding hydrogens is 380 g/mol. The number of hydrogen-bond donors (Lipinski definition) is 2. The minimum Gasteiger partial charge on any atom is -0.452 e. The first-order chi connectivity index (χ1) is 13.4. The molecule has 2 amide bonds. The van der Waals surface area contributed by atoms with E-state index in [-0.39, 0.29) is 17.5 Å². The number of para-hydroxylation sites is 1. The van der Waals surface area contributed by atoms with E-state index < -0.39 is 29.3 Å². The van der Waals surface area contributed by atoms with Crippen molar-refractivity contribution >= 4 is 34.3 Å². The van der Waals surface area contributed by atoms with E-state index in [0.717, 1.165) is 12.8 Å². The Morgan fingerprint density at radius 2 is 1.75 bits per heavy atom. The molecule has 0 spiro atoms. The van der Waals surface area contributed by atoms with E-state index in [4.69, 9.17) is 4.74 Å². The molecule has 0 aromatic heterocycles. The molecule has 7 nitrogen and oxygen atoms in total.